The minimum absolute atomic E-state index is 0.275. The van der Waals surface area contributed by atoms with E-state index in [0.717, 1.165) is 12.8 Å². The van der Waals surface area contributed by atoms with Gasteiger partial charge in [-0.15, -0.1) is 0 Å². The van der Waals surface area contributed by atoms with E-state index in [1.165, 1.54) is 7.11 Å². The summed E-state index contributed by atoms with van der Waals surface area (Å²) in [6.07, 6.45) is 4.00. The zero-order valence-electron chi connectivity index (χ0n) is 10.5. The fourth-order valence-corrected chi connectivity index (χ4v) is 1.53. The second kappa shape index (κ2) is 5.05. The minimum Gasteiger partial charge on any atom is -0.467 e. The number of rotatable bonds is 5. The zero-order valence-corrected chi connectivity index (χ0v) is 10.5. The zero-order chi connectivity index (χ0) is 13.1. The van der Waals surface area contributed by atoms with Gasteiger partial charge in [-0.1, -0.05) is 6.07 Å². The third-order valence-corrected chi connectivity index (χ3v) is 2.61. The molecule has 0 aromatic carbocycles. The molecule has 19 heavy (non-hydrogen) atoms. The number of anilines is 3. The van der Waals surface area contributed by atoms with Crippen molar-refractivity contribution < 1.29 is 4.74 Å². The van der Waals surface area contributed by atoms with Crippen LogP contribution in [-0.4, -0.2) is 33.1 Å². The predicted octanol–water partition coefficient (Wildman–Crippen LogP) is 1.59. The molecular formula is C12H14N6O. The van der Waals surface area contributed by atoms with Crippen LogP contribution in [0.2, 0.25) is 0 Å². The number of hydrogen-bond donors (Lipinski definition) is 2. The highest BCUT2D eigenvalue weighted by Crippen LogP contribution is 2.24. The molecule has 1 aliphatic carbocycles. The van der Waals surface area contributed by atoms with E-state index in [2.05, 4.69) is 30.6 Å². The van der Waals surface area contributed by atoms with Gasteiger partial charge in [0.15, 0.2) is 0 Å². The largest absolute Gasteiger partial charge is 0.467 e. The van der Waals surface area contributed by atoms with E-state index in [1.54, 1.807) is 6.20 Å². The summed E-state index contributed by atoms with van der Waals surface area (Å²) in [6, 6.07) is 6.31. The van der Waals surface area contributed by atoms with Gasteiger partial charge in [0.1, 0.15) is 5.82 Å². The number of hydrogen-bond acceptors (Lipinski definition) is 7. The van der Waals surface area contributed by atoms with E-state index in [4.69, 9.17) is 4.74 Å². The van der Waals surface area contributed by atoms with E-state index >= 15 is 0 Å². The van der Waals surface area contributed by atoms with Crippen molar-refractivity contribution in [2.45, 2.75) is 18.9 Å². The summed E-state index contributed by atoms with van der Waals surface area (Å²) >= 11 is 0. The molecule has 0 atom stereocenters. The summed E-state index contributed by atoms with van der Waals surface area (Å²) in [4.78, 5) is 16.7. The lowest BCUT2D eigenvalue weighted by molar-refractivity contribution is 0.379. The third kappa shape index (κ3) is 3.06. The molecule has 0 amide bonds. The summed E-state index contributed by atoms with van der Waals surface area (Å²) < 4.78 is 5.07. The van der Waals surface area contributed by atoms with Crippen LogP contribution >= 0.6 is 0 Å². The molecule has 2 N–H and O–H groups in total. The van der Waals surface area contributed by atoms with Crippen molar-refractivity contribution in [3.8, 4) is 6.01 Å². The Labute approximate surface area is 110 Å². The van der Waals surface area contributed by atoms with Crippen molar-refractivity contribution >= 4 is 17.7 Å². The van der Waals surface area contributed by atoms with Gasteiger partial charge in [0.25, 0.3) is 0 Å². The van der Waals surface area contributed by atoms with Crippen molar-refractivity contribution in [1.82, 2.24) is 19.9 Å². The average molecular weight is 258 g/mol. The van der Waals surface area contributed by atoms with Crippen molar-refractivity contribution in [1.29, 1.82) is 0 Å². The maximum Gasteiger partial charge on any atom is 0.322 e. The van der Waals surface area contributed by atoms with Gasteiger partial charge in [0.2, 0.25) is 11.9 Å². The van der Waals surface area contributed by atoms with Gasteiger partial charge >= 0.3 is 6.01 Å². The Balaban J connectivity index is 1.82. The maximum atomic E-state index is 5.07. The highest BCUT2D eigenvalue weighted by Gasteiger charge is 2.22. The molecule has 0 spiro atoms. The van der Waals surface area contributed by atoms with Crippen LogP contribution < -0.4 is 15.4 Å². The molecule has 3 rings (SSSR count). The Morgan fingerprint density at radius 2 is 2.00 bits per heavy atom. The minimum atomic E-state index is 0.275. The van der Waals surface area contributed by atoms with Crippen LogP contribution in [0.1, 0.15) is 12.8 Å². The van der Waals surface area contributed by atoms with Crippen molar-refractivity contribution in [3.63, 3.8) is 0 Å². The lowest BCUT2D eigenvalue weighted by atomic mass is 10.5. The first-order valence-electron chi connectivity index (χ1n) is 6.08. The molecule has 0 unspecified atom stereocenters. The van der Waals surface area contributed by atoms with E-state index in [9.17, 15) is 0 Å². The van der Waals surface area contributed by atoms with Crippen LogP contribution in [0, 0.1) is 0 Å². The molecule has 0 aliphatic heterocycles. The lowest BCUT2D eigenvalue weighted by Crippen LogP contribution is -2.09. The van der Waals surface area contributed by atoms with Crippen LogP contribution in [0.25, 0.3) is 0 Å². The van der Waals surface area contributed by atoms with Gasteiger partial charge in [-0.25, -0.2) is 4.98 Å². The Kier molecular flexibility index (Phi) is 3.09. The highest BCUT2D eigenvalue weighted by molar-refractivity contribution is 5.49. The van der Waals surface area contributed by atoms with Crippen molar-refractivity contribution in [3.05, 3.63) is 24.4 Å². The molecular weight excluding hydrogens is 244 g/mol. The van der Waals surface area contributed by atoms with Crippen LogP contribution in [0.3, 0.4) is 0 Å². The summed E-state index contributed by atoms with van der Waals surface area (Å²) in [5.41, 5.74) is 0. The summed E-state index contributed by atoms with van der Waals surface area (Å²) in [5, 5.41) is 6.23. The van der Waals surface area contributed by atoms with E-state index < -0.39 is 0 Å². The van der Waals surface area contributed by atoms with Crippen LogP contribution in [-0.2, 0) is 0 Å². The van der Waals surface area contributed by atoms with E-state index in [-0.39, 0.29) is 6.01 Å². The fourth-order valence-electron chi connectivity index (χ4n) is 1.53. The van der Waals surface area contributed by atoms with Gasteiger partial charge in [-0.05, 0) is 25.0 Å². The predicted molar refractivity (Wildman–Crippen MR) is 70.5 cm³/mol. The molecule has 0 saturated heterocycles. The lowest BCUT2D eigenvalue weighted by Gasteiger charge is -2.08. The fraction of sp³-hybridized carbons (Fsp3) is 0.333. The van der Waals surface area contributed by atoms with Crippen LogP contribution in [0.5, 0.6) is 6.01 Å². The van der Waals surface area contributed by atoms with Crippen LogP contribution in [0.4, 0.5) is 17.7 Å². The van der Waals surface area contributed by atoms with Crippen molar-refractivity contribution in [2.24, 2.45) is 0 Å². The van der Waals surface area contributed by atoms with Crippen molar-refractivity contribution in [2.75, 3.05) is 17.7 Å². The molecule has 7 nitrogen and oxygen atoms in total. The van der Waals surface area contributed by atoms with Gasteiger partial charge < -0.3 is 15.4 Å². The first-order valence-corrected chi connectivity index (χ1v) is 6.08. The Morgan fingerprint density at radius 3 is 2.68 bits per heavy atom. The molecule has 7 heteroatoms. The monoisotopic (exact) mass is 258 g/mol. The number of pyridine rings is 1. The Hall–Kier alpha value is -2.44. The number of nitrogens with zero attached hydrogens (tertiary/aromatic N) is 4. The van der Waals surface area contributed by atoms with Gasteiger partial charge in [-0.3, -0.25) is 0 Å². The quantitative estimate of drug-likeness (QED) is 0.842. The maximum absolute atomic E-state index is 5.07. The van der Waals surface area contributed by atoms with Gasteiger partial charge in [0, 0.05) is 12.2 Å². The molecule has 98 valence electrons. The topological polar surface area (TPSA) is 84.8 Å². The van der Waals surface area contributed by atoms with E-state index in [1.807, 2.05) is 18.2 Å². The van der Waals surface area contributed by atoms with E-state index in [0.29, 0.717) is 23.8 Å². The summed E-state index contributed by atoms with van der Waals surface area (Å²) in [6.45, 7) is 0. The summed E-state index contributed by atoms with van der Waals surface area (Å²) in [5.74, 6) is 1.61. The number of nitrogens with one attached hydrogen (secondary N) is 2. The molecule has 2 aromatic heterocycles. The highest BCUT2D eigenvalue weighted by atomic mass is 16.5. The number of methoxy groups -OCH3 is 1. The third-order valence-electron chi connectivity index (χ3n) is 2.61. The average Bonchev–Trinajstić information content (AvgIpc) is 3.23. The number of ether oxygens (including phenoxy) is 1. The molecule has 1 aliphatic rings. The summed E-state index contributed by atoms with van der Waals surface area (Å²) in [7, 11) is 1.53. The molecule has 0 radical (unpaired) electrons. The Morgan fingerprint density at radius 1 is 1.16 bits per heavy atom. The second-order valence-corrected chi connectivity index (χ2v) is 4.23. The molecule has 2 heterocycles. The smallest absolute Gasteiger partial charge is 0.322 e. The van der Waals surface area contributed by atoms with Gasteiger partial charge in [0.05, 0.1) is 7.11 Å². The molecule has 1 saturated carbocycles. The first-order chi connectivity index (χ1) is 9.33. The van der Waals surface area contributed by atoms with Crippen LogP contribution in [0.15, 0.2) is 24.4 Å². The van der Waals surface area contributed by atoms with Gasteiger partial charge in [-0.2, -0.15) is 15.0 Å². The molecule has 2 aromatic rings. The molecule has 0 bridgehead atoms. The normalized spacial score (nSPS) is 13.9. The SMILES string of the molecule is COc1nc(Nc2ccccn2)nc(NC2CC2)n1. The molecule has 1 fully saturated rings. The standard InChI is InChI=1S/C12H14N6O/c1-19-12-17-10(14-8-5-6-8)16-11(18-12)15-9-4-2-3-7-13-9/h2-4,7-8H,5-6H2,1H3,(H2,13,14,15,16,17,18). The Bertz CT molecular complexity index is 557. The second-order valence-electron chi connectivity index (χ2n) is 4.23. The first kappa shape index (κ1) is 11.6. The number of aromatic nitrogens is 4.